The number of carbonyl (C=O) groups excluding carboxylic acids is 1. The van der Waals surface area contributed by atoms with Gasteiger partial charge in [-0.1, -0.05) is 30.3 Å². The fourth-order valence-electron chi connectivity index (χ4n) is 3.47. The van der Waals surface area contributed by atoms with E-state index in [0.717, 1.165) is 5.56 Å². The smallest absolute Gasteiger partial charge is 0.345 e. The van der Waals surface area contributed by atoms with Crippen LogP contribution in [-0.2, 0) is 17.8 Å². The molecular weight excluding hydrogens is 312 g/mol. The van der Waals surface area contributed by atoms with Crippen molar-refractivity contribution in [1.29, 1.82) is 0 Å². The predicted octanol–water partition coefficient (Wildman–Crippen LogP) is 1.43. The van der Waals surface area contributed by atoms with Crippen molar-refractivity contribution < 1.29 is 19.9 Å². The number of hydrogen-bond donors (Lipinski definition) is 2. The zero-order valence-electron chi connectivity index (χ0n) is 12.7. The van der Waals surface area contributed by atoms with Gasteiger partial charge in [-0.3, -0.25) is 9.89 Å². The number of carboxylic acids is 1. The second-order valence-electron chi connectivity index (χ2n) is 5.98. The third kappa shape index (κ3) is 2.07. The van der Waals surface area contributed by atoms with Crippen molar-refractivity contribution in [3.63, 3.8) is 0 Å². The average molecular weight is 328 g/mol. The number of aryl methyl sites for hydroxylation is 2. The Labute approximate surface area is 137 Å². The summed E-state index contributed by atoms with van der Waals surface area (Å²) >= 11 is 0. The van der Waals surface area contributed by atoms with Crippen molar-refractivity contribution in [3.05, 3.63) is 53.3 Å². The fraction of sp³-hybridized carbons (Fsp3) is 0.312. The molecule has 0 aliphatic carbocycles. The molecule has 8 nitrogen and oxygen atoms in total. The number of aliphatic carboxylic acids is 1. The lowest BCUT2D eigenvalue weighted by atomic mass is 9.98. The summed E-state index contributed by atoms with van der Waals surface area (Å²) < 4.78 is 1.63. The first kappa shape index (κ1) is 14.7. The molecule has 2 unspecified atom stereocenters. The lowest BCUT2D eigenvalue weighted by Crippen LogP contribution is -2.39. The van der Waals surface area contributed by atoms with Gasteiger partial charge in [-0.05, 0) is 12.0 Å². The van der Waals surface area contributed by atoms with E-state index in [4.69, 9.17) is 0 Å². The van der Waals surface area contributed by atoms with Gasteiger partial charge >= 0.3 is 12.0 Å². The monoisotopic (exact) mass is 328 g/mol. The van der Waals surface area contributed by atoms with E-state index in [0.29, 0.717) is 29.3 Å². The molecule has 2 N–H and O–H groups in total. The Bertz CT molecular complexity index is 804. The Kier molecular flexibility index (Phi) is 3.27. The minimum absolute atomic E-state index is 0.156. The SMILES string of the molecule is O=C(O)C1c2c(cnn2CCc2ccccc2)C2CN1C(=O)N2O. The van der Waals surface area contributed by atoms with Crippen LogP contribution >= 0.6 is 0 Å². The van der Waals surface area contributed by atoms with Crippen molar-refractivity contribution in [1.82, 2.24) is 19.7 Å². The molecule has 0 saturated carbocycles. The first-order valence-corrected chi connectivity index (χ1v) is 7.69. The van der Waals surface area contributed by atoms with Crippen LogP contribution in [0.3, 0.4) is 0 Å². The summed E-state index contributed by atoms with van der Waals surface area (Å²) in [7, 11) is 0. The molecule has 2 aliphatic heterocycles. The zero-order valence-corrected chi connectivity index (χ0v) is 12.7. The van der Waals surface area contributed by atoms with Crippen LogP contribution in [-0.4, -0.2) is 48.6 Å². The van der Waals surface area contributed by atoms with Crippen LogP contribution in [0, 0.1) is 0 Å². The van der Waals surface area contributed by atoms with Crippen LogP contribution in [0.15, 0.2) is 36.5 Å². The third-order valence-corrected chi connectivity index (χ3v) is 4.64. The van der Waals surface area contributed by atoms with E-state index in [2.05, 4.69) is 5.10 Å². The minimum Gasteiger partial charge on any atom is -0.479 e. The van der Waals surface area contributed by atoms with Gasteiger partial charge in [0.05, 0.1) is 18.4 Å². The van der Waals surface area contributed by atoms with E-state index in [1.54, 1.807) is 10.9 Å². The number of amides is 2. The number of hydroxylamine groups is 2. The van der Waals surface area contributed by atoms with E-state index in [9.17, 15) is 19.9 Å². The quantitative estimate of drug-likeness (QED) is 0.827. The molecule has 1 aromatic carbocycles. The molecule has 124 valence electrons. The summed E-state index contributed by atoms with van der Waals surface area (Å²) in [5.41, 5.74) is 2.19. The molecule has 24 heavy (non-hydrogen) atoms. The summed E-state index contributed by atoms with van der Waals surface area (Å²) in [6, 6.07) is 7.45. The van der Waals surface area contributed by atoms with Crippen molar-refractivity contribution in [2.75, 3.05) is 6.54 Å². The van der Waals surface area contributed by atoms with Crippen LogP contribution in [0.2, 0.25) is 0 Å². The molecule has 2 amide bonds. The lowest BCUT2D eigenvalue weighted by molar-refractivity contribution is -0.142. The second-order valence-corrected chi connectivity index (χ2v) is 5.98. The number of carboxylic acid groups (broad SMARTS) is 1. The number of nitrogens with zero attached hydrogens (tertiary/aromatic N) is 4. The molecular formula is C16H16N4O4. The molecule has 1 saturated heterocycles. The Morgan fingerprint density at radius 2 is 2.04 bits per heavy atom. The van der Waals surface area contributed by atoms with Gasteiger partial charge in [0.2, 0.25) is 0 Å². The molecule has 2 aromatic rings. The molecule has 1 fully saturated rings. The maximum absolute atomic E-state index is 12.1. The third-order valence-electron chi connectivity index (χ3n) is 4.64. The van der Waals surface area contributed by atoms with E-state index >= 15 is 0 Å². The average Bonchev–Trinajstić information content (AvgIpc) is 3.11. The maximum atomic E-state index is 12.1. The highest BCUT2D eigenvalue weighted by Gasteiger charge is 2.52. The van der Waals surface area contributed by atoms with Crippen molar-refractivity contribution in [3.8, 4) is 0 Å². The maximum Gasteiger partial charge on any atom is 0.345 e. The van der Waals surface area contributed by atoms with Gasteiger partial charge in [-0.25, -0.2) is 9.59 Å². The molecule has 2 bridgehead atoms. The first-order valence-electron chi connectivity index (χ1n) is 7.69. The summed E-state index contributed by atoms with van der Waals surface area (Å²) in [6.45, 7) is 0.660. The molecule has 2 aliphatic rings. The van der Waals surface area contributed by atoms with Crippen LogP contribution in [0.25, 0.3) is 0 Å². The number of benzene rings is 1. The van der Waals surface area contributed by atoms with Crippen LogP contribution < -0.4 is 0 Å². The molecule has 4 rings (SSSR count). The van der Waals surface area contributed by atoms with Gasteiger partial charge in [-0.2, -0.15) is 10.2 Å². The van der Waals surface area contributed by atoms with Crippen LogP contribution in [0.5, 0.6) is 0 Å². The van der Waals surface area contributed by atoms with Crippen molar-refractivity contribution >= 4 is 12.0 Å². The minimum atomic E-state index is -1.13. The van der Waals surface area contributed by atoms with Crippen LogP contribution in [0.1, 0.15) is 28.9 Å². The summed E-state index contributed by atoms with van der Waals surface area (Å²) in [6.07, 6.45) is 2.25. The summed E-state index contributed by atoms with van der Waals surface area (Å²) in [5, 5.41) is 24.4. The van der Waals surface area contributed by atoms with E-state index in [1.807, 2.05) is 30.3 Å². The highest BCUT2D eigenvalue weighted by Crippen LogP contribution is 2.42. The molecule has 8 heteroatoms. The molecule has 0 radical (unpaired) electrons. The molecule has 2 atom stereocenters. The van der Waals surface area contributed by atoms with E-state index in [1.165, 1.54) is 4.90 Å². The fourth-order valence-corrected chi connectivity index (χ4v) is 3.47. The normalized spacial score (nSPS) is 22.0. The summed E-state index contributed by atoms with van der Waals surface area (Å²) in [4.78, 5) is 25.0. The zero-order chi connectivity index (χ0) is 16.8. The number of aromatic nitrogens is 2. The van der Waals surface area contributed by atoms with Gasteiger partial charge in [0, 0.05) is 12.1 Å². The number of fused-ring (bicyclic) bond motifs is 4. The Morgan fingerprint density at radius 1 is 1.29 bits per heavy atom. The van der Waals surface area contributed by atoms with Gasteiger partial charge in [0.25, 0.3) is 0 Å². The number of urea groups is 1. The highest BCUT2D eigenvalue weighted by molar-refractivity contribution is 5.86. The lowest BCUT2D eigenvalue weighted by Gasteiger charge is -2.28. The Hall–Kier alpha value is -2.87. The topological polar surface area (TPSA) is 98.9 Å². The van der Waals surface area contributed by atoms with Gasteiger partial charge in [-0.15, -0.1) is 0 Å². The first-order chi connectivity index (χ1) is 11.6. The standard InChI is InChI=1S/C16H16N4O4/c21-15(22)14-13-11(12-9-18(14)16(23)20(12)24)8-17-19(13)7-6-10-4-2-1-3-5-10/h1-5,8,12,14,24H,6-7,9H2,(H,21,22). The molecule has 0 spiro atoms. The Balaban J connectivity index is 1.69. The van der Waals surface area contributed by atoms with Crippen molar-refractivity contribution in [2.24, 2.45) is 0 Å². The van der Waals surface area contributed by atoms with Gasteiger partial charge in [0.1, 0.15) is 6.04 Å². The number of carbonyl (C=O) groups is 2. The number of hydrogen-bond acceptors (Lipinski definition) is 4. The van der Waals surface area contributed by atoms with E-state index in [-0.39, 0.29) is 6.54 Å². The molecule has 3 heterocycles. The predicted molar refractivity (Wildman–Crippen MR) is 81.2 cm³/mol. The van der Waals surface area contributed by atoms with Crippen molar-refractivity contribution in [2.45, 2.75) is 25.0 Å². The summed E-state index contributed by atoms with van der Waals surface area (Å²) in [5.74, 6) is -1.13. The van der Waals surface area contributed by atoms with Gasteiger partial charge < -0.3 is 10.0 Å². The largest absolute Gasteiger partial charge is 0.479 e. The number of rotatable bonds is 4. The highest BCUT2D eigenvalue weighted by atomic mass is 16.5. The van der Waals surface area contributed by atoms with Crippen LogP contribution in [0.4, 0.5) is 4.79 Å². The Morgan fingerprint density at radius 3 is 2.75 bits per heavy atom. The second kappa shape index (κ2) is 5.34. The van der Waals surface area contributed by atoms with E-state index < -0.39 is 24.1 Å². The van der Waals surface area contributed by atoms with Gasteiger partial charge in [0.15, 0.2) is 6.04 Å². The molecule has 1 aromatic heterocycles.